The van der Waals surface area contributed by atoms with Crippen LogP contribution in [-0.2, 0) is 9.84 Å². The van der Waals surface area contributed by atoms with Crippen molar-refractivity contribution in [2.75, 3.05) is 5.75 Å². The number of halogens is 1. The molecule has 0 aromatic heterocycles. The van der Waals surface area contributed by atoms with Crippen LogP contribution >= 0.6 is 0 Å². The molecule has 0 amide bonds. The van der Waals surface area contributed by atoms with Crippen molar-refractivity contribution < 1.29 is 12.8 Å². The van der Waals surface area contributed by atoms with Gasteiger partial charge in [-0.2, -0.15) is 0 Å². The quantitative estimate of drug-likeness (QED) is 0.829. The van der Waals surface area contributed by atoms with Crippen molar-refractivity contribution in [2.24, 2.45) is 0 Å². The first-order valence-electron chi connectivity index (χ1n) is 9.26. The standard InChI is InChI=1S/C21H26FNO2S/c1-3-5-14-21(4-2)15-26(24,25)19-13-9-7-11-17(19)20(23-21)16-10-6-8-12-18(16)22/h6-13,20,23H,3-5,14-15H2,1-2H3/t20-,21-/m0/s1. The predicted molar refractivity (Wildman–Crippen MR) is 102 cm³/mol. The zero-order chi connectivity index (χ0) is 18.8. The average molecular weight is 376 g/mol. The lowest BCUT2D eigenvalue weighted by Crippen LogP contribution is -2.50. The van der Waals surface area contributed by atoms with E-state index in [0.29, 0.717) is 22.4 Å². The zero-order valence-corrected chi connectivity index (χ0v) is 16.2. The molecule has 0 fully saturated rings. The van der Waals surface area contributed by atoms with Crippen LogP contribution in [0.3, 0.4) is 0 Å². The number of unbranched alkanes of at least 4 members (excludes halogenated alkanes) is 1. The second kappa shape index (κ2) is 7.49. The third-order valence-electron chi connectivity index (χ3n) is 5.38. The van der Waals surface area contributed by atoms with Crippen LogP contribution in [0.5, 0.6) is 0 Å². The van der Waals surface area contributed by atoms with E-state index in [1.165, 1.54) is 6.07 Å². The van der Waals surface area contributed by atoms with Crippen molar-refractivity contribution in [2.45, 2.75) is 56.0 Å². The molecular formula is C21H26FNO2S. The normalized spacial score (nSPS) is 24.7. The van der Waals surface area contributed by atoms with Crippen LogP contribution < -0.4 is 5.32 Å². The minimum atomic E-state index is -3.47. The van der Waals surface area contributed by atoms with Crippen LogP contribution in [0, 0.1) is 5.82 Å². The Bertz CT molecular complexity index is 881. The predicted octanol–water partition coefficient (Wildman–Crippen LogP) is 4.63. The highest BCUT2D eigenvalue weighted by molar-refractivity contribution is 7.91. The van der Waals surface area contributed by atoms with Crippen molar-refractivity contribution in [3.05, 3.63) is 65.5 Å². The Morgan fingerprint density at radius 2 is 1.73 bits per heavy atom. The molecule has 0 aliphatic carbocycles. The number of sulfone groups is 1. The Balaban J connectivity index is 2.21. The number of benzene rings is 2. The molecule has 5 heteroatoms. The molecule has 3 rings (SSSR count). The fraction of sp³-hybridized carbons (Fsp3) is 0.429. The van der Waals surface area contributed by atoms with E-state index in [0.717, 1.165) is 19.3 Å². The molecule has 1 N–H and O–H groups in total. The summed E-state index contributed by atoms with van der Waals surface area (Å²) >= 11 is 0. The molecule has 1 aliphatic rings. The fourth-order valence-electron chi connectivity index (χ4n) is 3.86. The van der Waals surface area contributed by atoms with Crippen molar-refractivity contribution >= 4 is 9.84 Å². The maximum atomic E-state index is 14.6. The topological polar surface area (TPSA) is 46.2 Å². The number of hydrogen-bond donors (Lipinski definition) is 1. The highest BCUT2D eigenvalue weighted by Crippen LogP contribution is 2.38. The molecule has 26 heavy (non-hydrogen) atoms. The highest BCUT2D eigenvalue weighted by Gasteiger charge is 2.42. The van der Waals surface area contributed by atoms with Crippen molar-refractivity contribution in [1.29, 1.82) is 0 Å². The lowest BCUT2D eigenvalue weighted by atomic mass is 9.88. The number of hydrogen-bond acceptors (Lipinski definition) is 3. The van der Waals surface area contributed by atoms with Gasteiger partial charge in [-0.3, -0.25) is 5.32 Å². The minimum Gasteiger partial charge on any atom is -0.300 e. The SMILES string of the molecule is CCCC[C@@]1(CC)CS(=O)(=O)c2ccccc2[C@H](c2ccccc2F)N1. The van der Waals surface area contributed by atoms with Crippen LogP contribution in [0.2, 0.25) is 0 Å². The summed E-state index contributed by atoms with van der Waals surface area (Å²) in [6.45, 7) is 4.10. The Morgan fingerprint density at radius 3 is 2.38 bits per heavy atom. The summed E-state index contributed by atoms with van der Waals surface area (Å²) in [7, 11) is -3.47. The third kappa shape index (κ3) is 3.55. The Morgan fingerprint density at radius 1 is 1.08 bits per heavy atom. The summed E-state index contributed by atoms with van der Waals surface area (Å²) in [5, 5.41) is 3.56. The smallest absolute Gasteiger partial charge is 0.180 e. The van der Waals surface area contributed by atoms with Gasteiger partial charge in [-0.15, -0.1) is 0 Å². The van der Waals surface area contributed by atoms with Gasteiger partial charge in [-0.1, -0.05) is 63.1 Å². The molecule has 2 aromatic rings. The molecule has 0 saturated heterocycles. The summed E-state index contributed by atoms with van der Waals surface area (Å²) in [4.78, 5) is 0.313. The second-order valence-electron chi connectivity index (χ2n) is 7.13. The molecule has 2 aromatic carbocycles. The van der Waals surface area contributed by atoms with Gasteiger partial charge in [-0.25, -0.2) is 12.8 Å². The summed E-state index contributed by atoms with van der Waals surface area (Å²) in [5.74, 6) is -0.280. The van der Waals surface area contributed by atoms with Gasteiger partial charge in [0.2, 0.25) is 0 Å². The maximum Gasteiger partial charge on any atom is 0.180 e. The van der Waals surface area contributed by atoms with Crippen LogP contribution in [0.4, 0.5) is 4.39 Å². The van der Waals surface area contributed by atoms with E-state index >= 15 is 0 Å². The number of nitrogens with one attached hydrogen (secondary N) is 1. The van der Waals surface area contributed by atoms with Crippen LogP contribution in [-0.4, -0.2) is 19.7 Å². The molecular weight excluding hydrogens is 349 g/mol. The Kier molecular flexibility index (Phi) is 5.49. The highest BCUT2D eigenvalue weighted by atomic mass is 32.2. The molecule has 0 bridgehead atoms. The van der Waals surface area contributed by atoms with Crippen LogP contribution in [0.15, 0.2) is 53.4 Å². The molecule has 2 atom stereocenters. The number of rotatable bonds is 5. The van der Waals surface area contributed by atoms with E-state index < -0.39 is 21.4 Å². The molecule has 0 radical (unpaired) electrons. The first-order valence-corrected chi connectivity index (χ1v) is 10.9. The van der Waals surface area contributed by atoms with Gasteiger partial charge in [0.25, 0.3) is 0 Å². The first-order chi connectivity index (χ1) is 12.4. The summed E-state index contributed by atoms with van der Waals surface area (Å²) in [5.41, 5.74) is 0.552. The van der Waals surface area contributed by atoms with Gasteiger partial charge in [0, 0.05) is 11.1 Å². The zero-order valence-electron chi connectivity index (χ0n) is 15.3. The largest absolute Gasteiger partial charge is 0.300 e. The fourth-order valence-corrected chi connectivity index (χ4v) is 6.01. The van der Waals surface area contributed by atoms with E-state index in [1.807, 2.05) is 13.0 Å². The molecule has 0 saturated carbocycles. The molecule has 1 heterocycles. The van der Waals surface area contributed by atoms with E-state index in [-0.39, 0.29) is 11.6 Å². The lowest BCUT2D eigenvalue weighted by molar-refractivity contribution is 0.292. The van der Waals surface area contributed by atoms with Crippen LogP contribution in [0.25, 0.3) is 0 Å². The van der Waals surface area contributed by atoms with Gasteiger partial charge in [0.05, 0.1) is 16.7 Å². The average Bonchev–Trinajstić information content (AvgIpc) is 2.74. The lowest BCUT2D eigenvalue weighted by Gasteiger charge is -2.36. The van der Waals surface area contributed by atoms with Crippen molar-refractivity contribution in [3.63, 3.8) is 0 Å². The molecule has 3 nitrogen and oxygen atoms in total. The van der Waals surface area contributed by atoms with Gasteiger partial charge in [0.1, 0.15) is 5.82 Å². The monoisotopic (exact) mass is 375 g/mol. The maximum absolute atomic E-state index is 14.6. The van der Waals surface area contributed by atoms with E-state index in [2.05, 4.69) is 12.2 Å². The van der Waals surface area contributed by atoms with Crippen LogP contribution in [0.1, 0.15) is 56.7 Å². The van der Waals surface area contributed by atoms with E-state index in [1.54, 1.807) is 36.4 Å². The van der Waals surface area contributed by atoms with E-state index in [4.69, 9.17) is 0 Å². The molecule has 1 aliphatic heterocycles. The van der Waals surface area contributed by atoms with Gasteiger partial charge in [-0.05, 0) is 30.5 Å². The minimum absolute atomic E-state index is 0.0401. The Labute approximate surface area is 155 Å². The van der Waals surface area contributed by atoms with Gasteiger partial charge >= 0.3 is 0 Å². The molecule has 140 valence electrons. The first kappa shape index (κ1) is 19.1. The van der Waals surface area contributed by atoms with Crippen molar-refractivity contribution in [3.8, 4) is 0 Å². The summed E-state index contributed by atoms with van der Waals surface area (Å²) in [6, 6.07) is 13.1. The van der Waals surface area contributed by atoms with Crippen molar-refractivity contribution in [1.82, 2.24) is 5.32 Å². The van der Waals surface area contributed by atoms with Gasteiger partial charge in [0.15, 0.2) is 9.84 Å². The summed E-state index contributed by atoms with van der Waals surface area (Å²) in [6.07, 6.45) is 3.33. The van der Waals surface area contributed by atoms with Gasteiger partial charge < -0.3 is 0 Å². The van der Waals surface area contributed by atoms with E-state index in [9.17, 15) is 12.8 Å². The molecule has 0 spiro atoms. The summed E-state index contributed by atoms with van der Waals surface area (Å²) < 4.78 is 40.9. The number of fused-ring (bicyclic) bond motifs is 1. The third-order valence-corrected chi connectivity index (χ3v) is 7.36. The Hall–Kier alpha value is -1.72. The second-order valence-corrected chi connectivity index (χ2v) is 9.09. The molecule has 0 unspecified atom stereocenters.